The summed E-state index contributed by atoms with van der Waals surface area (Å²) in [5.74, 6) is -0.157. The molecule has 0 aliphatic rings. The van der Waals surface area contributed by atoms with E-state index in [0.717, 1.165) is 11.3 Å². The number of aryl methyl sites for hydroxylation is 1. The molecule has 1 aromatic carbocycles. The van der Waals surface area contributed by atoms with Crippen molar-refractivity contribution in [2.24, 2.45) is 0 Å². The van der Waals surface area contributed by atoms with Gasteiger partial charge in [-0.3, -0.25) is 4.79 Å². The predicted molar refractivity (Wildman–Crippen MR) is 79.1 cm³/mol. The fraction of sp³-hybridized carbons (Fsp3) is 0.154. The zero-order valence-electron chi connectivity index (χ0n) is 11.7. The monoisotopic (exact) mass is 317 g/mol. The average molecular weight is 317 g/mol. The number of anilines is 1. The van der Waals surface area contributed by atoms with Crippen LogP contribution in [0.1, 0.15) is 26.0 Å². The standard InChI is InChI=1S/C13H11N5O3S/c1-7-15-16-13-18(7)17-11(22-13)10(19)14-9-5-3-8(4-6-9)12(20)21-2/h3-6H,1-2H3,(H,14,19). The van der Waals surface area contributed by atoms with Crippen molar-refractivity contribution in [3.63, 3.8) is 0 Å². The summed E-state index contributed by atoms with van der Waals surface area (Å²) >= 11 is 1.15. The number of nitrogens with one attached hydrogen (secondary N) is 1. The van der Waals surface area contributed by atoms with Gasteiger partial charge in [-0.2, -0.15) is 4.52 Å². The van der Waals surface area contributed by atoms with Crippen LogP contribution < -0.4 is 5.32 Å². The van der Waals surface area contributed by atoms with Gasteiger partial charge < -0.3 is 10.1 Å². The van der Waals surface area contributed by atoms with Crippen molar-refractivity contribution in [2.45, 2.75) is 6.92 Å². The van der Waals surface area contributed by atoms with Gasteiger partial charge in [-0.15, -0.1) is 15.3 Å². The van der Waals surface area contributed by atoms with Gasteiger partial charge in [0.05, 0.1) is 12.7 Å². The maximum absolute atomic E-state index is 12.2. The highest BCUT2D eigenvalue weighted by molar-refractivity contribution is 7.18. The molecule has 2 heterocycles. The van der Waals surface area contributed by atoms with Gasteiger partial charge in [-0.05, 0) is 31.2 Å². The Bertz CT molecular complexity index is 852. The van der Waals surface area contributed by atoms with E-state index < -0.39 is 5.97 Å². The lowest BCUT2D eigenvalue weighted by Crippen LogP contribution is -2.12. The van der Waals surface area contributed by atoms with Crippen molar-refractivity contribution < 1.29 is 14.3 Å². The van der Waals surface area contributed by atoms with Crippen LogP contribution in [0.2, 0.25) is 0 Å². The summed E-state index contributed by atoms with van der Waals surface area (Å²) in [6.07, 6.45) is 0. The van der Waals surface area contributed by atoms with E-state index in [0.29, 0.717) is 22.0 Å². The number of benzene rings is 1. The number of rotatable bonds is 3. The molecule has 8 nitrogen and oxygen atoms in total. The number of esters is 1. The summed E-state index contributed by atoms with van der Waals surface area (Å²) in [5.41, 5.74) is 0.968. The van der Waals surface area contributed by atoms with Crippen LogP contribution in [-0.2, 0) is 4.74 Å². The Morgan fingerprint density at radius 1 is 1.23 bits per heavy atom. The SMILES string of the molecule is COC(=O)c1ccc(NC(=O)c2nn3c(C)nnc3s2)cc1. The molecule has 9 heteroatoms. The Morgan fingerprint density at radius 2 is 1.95 bits per heavy atom. The fourth-order valence-electron chi connectivity index (χ4n) is 1.80. The third kappa shape index (κ3) is 2.53. The molecule has 0 bridgehead atoms. The van der Waals surface area contributed by atoms with Crippen molar-refractivity contribution in [3.8, 4) is 0 Å². The van der Waals surface area contributed by atoms with Gasteiger partial charge in [0.15, 0.2) is 5.82 Å². The van der Waals surface area contributed by atoms with Crippen LogP contribution in [0.25, 0.3) is 4.96 Å². The summed E-state index contributed by atoms with van der Waals surface area (Å²) in [4.78, 5) is 24.0. The molecule has 0 radical (unpaired) electrons. The lowest BCUT2D eigenvalue weighted by atomic mass is 10.2. The Kier molecular flexibility index (Phi) is 3.55. The molecule has 3 rings (SSSR count). The molecule has 22 heavy (non-hydrogen) atoms. The van der Waals surface area contributed by atoms with Crippen LogP contribution in [0.3, 0.4) is 0 Å². The molecule has 0 spiro atoms. The minimum absolute atomic E-state index is 0.282. The lowest BCUT2D eigenvalue weighted by molar-refractivity contribution is 0.0600. The maximum atomic E-state index is 12.2. The van der Waals surface area contributed by atoms with Crippen molar-refractivity contribution in [1.82, 2.24) is 19.8 Å². The Balaban J connectivity index is 1.77. The summed E-state index contributed by atoms with van der Waals surface area (Å²) in [6, 6.07) is 6.39. The molecule has 1 N–H and O–H groups in total. The van der Waals surface area contributed by atoms with Crippen LogP contribution in [0, 0.1) is 6.92 Å². The normalized spacial score (nSPS) is 10.6. The maximum Gasteiger partial charge on any atom is 0.337 e. The number of carbonyl (C=O) groups is 2. The number of aromatic nitrogens is 4. The van der Waals surface area contributed by atoms with Gasteiger partial charge in [0.25, 0.3) is 5.91 Å². The Morgan fingerprint density at radius 3 is 2.59 bits per heavy atom. The van der Waals surface area contributed by atoms with E-state index in [1.165, 1.54) is 11.6 Å². The van der Waals surface area contributed by atoms with Crippen LogP contribution in [0.15, 0.2) is 24.3 Å². The van der Waals surface area contributed by atoms with E-state index in [4.69, 9.17) is 0 Å². The Labute approximate surface area is 128 Å². The zero-order valence-corrected chi connectivity index (χ0v) is 12.5. The van der Waals surface area contributed by atoms with Gasteiger partial charge in [0, 0.05) is 5.69 Å². The number of nitrogens with zero attached hydrogens (tertiary/aromatic N) is 4. The zero-order chi connectivity index (χ0) is 15.7. The second kappa shape index (κ2) is 5.53. The largest absolute Gasteiger partial charge is 0.465 e. The number of carbonyl (C=O) groups excluding carboxylic acids is 2. The molecule has 0 atom stereocenters. The van der Waals surface area contributed by atoms with Crippen molar-refractivity contribution >= 4 is 33.9 Å². The summed E-state index contributed by atoms with van der Waals surface area (Å²) in [7, 11) is 1.31. The highest BCUT2D eigenvalue weighted by Crippen LogP contribution is 2.16. The minimum Gasteiger partial charge on any atom is -0.465 e. The third-order valence-corrected chi connectivity index (χ3v) is 3.80. The number of hydrogen-bond acceptors (Lipinski definition) is 7. The molecule has 2 aromatic heterocycles. The molecule has 1 amide bonds. The molecule has 0 saturated carbocycles. The predicted octanol–water partition coefficient (Wildman–Crippen LogP) is 1.53. The minimum atomic E-state index is -0.429. The topological polar surface area (TPSA) is 98.5 Å². The van der Waals surface area contributed by atoms with Gasteiger partial charge >= 0.3 is 5.97 Å². The molecular formula is C13H11N5O3S. The first-order valence-electron chi connectivity index (χ1n) is 6.27. The van der Waals surface area contributed by atoms with E-state index in [1.54, 1.807) is 31.2 Å². The molecular weight excluding hydrogens is 306 g/mol. The Hall–Kier alpha value is -2.81. The summed E-state index contributed by atoms with van der Waals surface area (Å²) in [5, 5.41) is 14.9. The number of hydrogen-bond donors (Lipinski definition) is 1. The van der Waals surface area contributed by atoms with Crippen LogP contribution in [0.4, 0.5) is 5.69 Å². The van der Waals surface area contributed by atoms with E-state index in [1.807, 2.05) is 0 Å². The smallest absolute Gasteiger partial charge is 0.337 e. The molecule has 112 valence electrons. The van der Waals surface area contributed by atoms with E-state index >= 15 is 0 Å². The molecule has 0 aliphatic heterocycles. The first-order valence-corrected chi connectivity index (χ1v) is 7.08. The average Bonchev–Trinajstić information content (AvgIpc) is 3.10. The second-order valence-corrected chi connectivity index (χ2v) is 5.33. The van der Waals surface area contributed by atoms with Gasteiger partial charge in [0.2, 0.25) is 9.97 Å². The number of amides is 1. The van der Waals surface area contributed by atoms with Crippen LogP contribution >= 0.6 is 11.3 Å². The van der Waals surface area contributed by atoms with Crippen molar-refractivity contribution in [2.75, 3.05) is 12.4 Å². The van der Waals surface area contributed by atoms with E-state index in [2.05, 4.69) is 25.3 Å². The molecule has 0 unspecified atom stereocenters. The van der Waals surface area contributed by atoms with E-state index in [9.17, 15) is 9.59 Å². The number of fused-ring (bicyclic) bond motifs is 1. The summed E-state index contributed by atoms with van der Waals surface area (Å²) in [6.45, 7) is 1.76. The highest BCUT2D eigenvalue weighted by Gasteiger charge is 2.15. The van der Waals surface area contributed by atoms with Gasteiger partial charge in [0.1, 0.15) is 0 Å². The van der Waals surface area contributed by atoms with Crippen LogP contribution in [0.5, 0.6) is 0 Å². The number of ether oxygens (including phenoxy) is 1. The molecule has 0 aliphatic carbocycles. The first-order chi connectivity index (χ1) is 10.6. The van der Waals surface area contributed by atoms with Crippen molar-refractivity contribution in [3.05, 3.63) is 40.7 Å². The second-order valence-electron chi connectivity index (χ2n) is 4.37. The molecule has 0 saturated heterocycles. The number of methoxy groups -OCH3 is 1. The molecule has 3 aromatic rings. The third-order valence-electron chi connectivity index (χ3n) is 2.90. The fourth-order valence-corrected chi connectivity index (χ4v) is 2.58. The van der Waals surface area contributed by atoms with Gasteiger partial charge in [-0.1, -0.05) is 11.3 Å². The van der Waals surface area contributed by atoms with Crippen LogP contribution in [-0.4, -0.2) is 38.8 Å². The summed E-state index contributed by atoms with van der Waals surface area (Å²) < 4.78 is 6.13. The van der Waals surface area contributed by atoms with Gasteiger partial charge in [-0.25, -0.2) is 4.79 Å². The first kappa shape index (κ1) is 14.1. The quantitative estimate of drug-likeness (QED) is 0.736. The lowest BCUT2D eigenvalue weighted by Gasteiger charge is -2.04. The van der Waals surface area contributed by atoms with E-state index in [-0.39, 0.29) is 10.9 Å². The van der Waals surface area contributed by atoms with Crippen molar-refractivity contribution in [1.29, 1.82) is 0 Å². The molecule has 0 fully saturated rings. The highest BCUT2D eigenvalue weighted by atomic mass is 32.1.